The molecule has 4 aromatic rings. The minimum atomic E-state index is -0.220. The van der Waals surface area contributed by atoms with Crippen LogP contribution < -0.4 is 5.32 Å². The van der Waals surface area contributed by atoms with E-state index in [-0.39, 0.29) is 6.09 Å². The fourth-order valence-corrected chi connectivity index (χ4v) is 5.07. The van der Waals surface area contributed by atoms with Crippen molar-refractivity contribution in [2.75, 3.05) is 32.8 Å². The van der Waals surface area contributed by atoms with Gasteiger partial charge in [0, 0.05) is 56.4 Å². The molecule has 1 aromatic heterocycles. The normalized spacial score (nSPS) is 14.2. The molecule has 2 heterocycles. The lowest BCUT2D eigenvalue weighted by molar-refractivity contribution is 0.0536. The van der Waals surface area contributed by atoms with Crippen LogP contribution in [0.15, 0.2) is 91.1 Å². The monoisotopic (exact) mass is 511 g/mol. The van der Waals surface area contributed by atoms with Crippen LogP contribution in [0.3, 0.4) is 0 Å². The van der Waals surface area contributed by atoms with Crippen molar-refractivity contribution in [3.63, 3.8) is 0 Å². The number of amides is 1. The molecule has 1 saturated heterocycles. The van der Waals surface area contributed by atoms with Crippen molar-refractivity contribution in [2.24, 2.45) is 5.92 Å². The molecule has 1 N–H and O–H groups in total. The van der Waals surface area contributed by atoms with Gasteiger partial charge in [0.25, 0.3) is 0 Å². The third-order valence-electron chi connectivity index (χ3n) is 7.27. The maximum atomic E-state index is 12.4. The van der Waals surface area contributed by atoms with E-state index in [1.165, 1.54) is 22.0 Å². The summed E-state index contributed by atoms with van der Waals surface area (Å²) in [6, 6.07) is 29.1. The predicted octanol–water partition coefficient (Wildman–Crippen LogP) is 5.84. The van der Waals surface area contributed by atoms with Crippen molar-refractivity contribution in [1.29, 1.82) is 0 Å². The van der Waals surface area contributed by atoms with Gasteiger partial charge in [0.2, 0.25) is 0 Å². The van der Waals surface area contributed by atoms with E-state index in [1.807, 2.05) is 35.2 Å². The van der Waals surface area contributed by atoms with Gasteiger partial charge < -0.3 is 24.3 Å². The van der Waals surface area contributed by atoms with Crippen LogP contribution in [0.2, 0.25) is 0 Å². The molecular formula is C32H37N3O3. The first kappa shape index (κ1) is 26.0. The lowest BCUT2D eigenvalue weighted by atomic mass is 9.98. The van der Waals surface area contributed by atoms with Gasteiger partial charge in [-0.2, -0.15) is 0 Å². The van der Waals surface area contributed by atoms with Crippen LogP contribution in [0.1, 0.15) is 29.5 Å². The van der Waals surface area contributed by atoms with Gasteiger partial charge >= 0.3 is 6.09 Å². The second kappa shape index (κ2) is 13.3. The van der Waals surface area contributed by atoms with Crippen LogP contribution in [0.4, 0.5) is 4.79 Å². The Balaban J connectivity index is 0.978. The van der Waals surface area contributed by atoms with Crippen molar-refractivity contribution in [1.82, 2.24) is 14.8 Å². The number of nitrogens with zero attached hydrogens (tertiary/aromatic N) is 2. The summed E-state index contributed by atoms with van der Waals surface area (Å²) in [5.74, 6) is 0.492. The largest absolute Gasteiger partial charge is 0.445 e. The minimum Gasteiger partial charge on any atom is -0.445 e. The average molecular weight is 512 g/mol. The van der Waals surface area contributed by atoms with Crippen LogP contribution >= 0.6 is 0 Å². The molecule has 1 aliphatic heterocycles. The Kier molecular flexibility index (Phi) is 9.08. The Labute approximate surface area is 225 Å². The molecule has 0 unspecified atom stereocenters. The van der Waals surface area contributed by atoms with Crippen molar-refractivity contribution >= 4 is 17.0 Å². The number of ether oxygens (including phenoxy) is 2. The smallest absolute Gasteiger partial charge is 0.410 e. The van der Waals surface area contributed by atoms with Gasteiger partial charge in [-0.05, 0) is 47.6 Å². The number of carbonyl (C=O) groups excluding carboxylic acids is 1. The maximum Gasteiger partial charge on any atom is 0.410 e. The predicted molar refractivity (Wildman–Crippen MR) is 151 cm³/mol. The zero-order chi connectivity index (χ0) is 26.0. The first-order valence-electron chi connectivity index (χ1n) is 13.6. The fourth-order valence-electron chi connectivity index (χ4n) is 5.07. The Morgan fingerprint density at radius 3 is 2.37 bits per heavy atom. The Morgan fingerprint density at radius 1 is 0.868 bits per heavy atom. The number of likely N-dealkylation sites (tertiary alicyclic amines) is 1. The summed E-state index contributed by atoms with van der Waals surface area (Å²) in [5, 5.41) is 4.83. The summed E-state index contributed by atoms with van der Waals surface area (Å²) in [6.07, 6.45) is 3.87. The summed E-state index contributed by atoms with van der Waals surface area (Å²) in [5.41, 5.74) is 4.88. The van der Waals surface area contributed by atoms with Crippen LogP contribution in [-0.4, -0.2) is 48.4 Å². The molecule has 198 valence electrons. The third kappa shape index (κ3) is 7.03. The maximum absolute atomic E-state index is 12.4. The molecule has 0 spiro atoms. The highest BCUT2D eigenvalue weighted by Gasteiger charge is 2.23. The summed E-state index contributed by atoms with van der Waals surface area (Å²) < 4.78 is 13.7. The van der Waals surface area contributed by atoms with Gasteiger partial charge in [-0.15, -0.1) is 0 Å². The lowest BCUT2D eigenvalue weighted by Crippen LogP contribution is -2.39. The van der Waals surface area contributed by atoms with Crippen molar-refractivity contribution in [3.05, 3.63) is 108 Å². The number of carbonyl (C=O) groups is 1. The van der Waals surface area contributed by atoms with Crippen LogP contribution in [0.25, 0.3) is 10.9 Å². The van der Waals surface area contributed by atoms with Crippen molar-refractivity contribution in [2.45, 2.75) is 32.5 Å². The highest BCUT2D eigenvalue weighted by atomic mass is 16.6. The Bertz CT molecular complexity index is 1280. The molecular weight excluding hydrogens is 474 g/mol. The van der Waals surface area contributed by atoms with E-state index in [0.29, 0.717) is 19.1 Å². The number of hydrogen-bond donors (Lipinski definition) is 1. The van der Waals surface area contributed by atoms with E-state index in [2.05, 4.69) is 70.7 Å². The highest BCUT2D eigenvalue weighted by molar-refractivity contribution is 5.83. The van der Waals surface area contributed by atoms with E-state index in [4.69, 9.17) is 9.47 Å². The molecule has 0 bridgehead atoms. The number of nitrogens with one attached hydrogen (secondary N) is 1. The molecule has 0 aliphatic carbocycles. The number of piperidine rings is 1. The molecule has 6 heteroatoms. The SMILES string of the molecule is O=C(OCc1ccccc1)N1CCC(COCCNCc2cccc3c2ccn3Cc2ccccc2)CC1. The van der Waals surface area contributed by atoms with Gasteiger partial charge in [-0.1, -0.05) is 72.8 Å². The number of aromatic nitrogens is 1. The second-order valence-corrected chi connectivity index (χ2v) is 10.0. The van der Waals surface area contributed by atoms with Gasteiger partial charge in [-0.25, -0.2) is 4.79 Å². The molecule has 3 aromatic carbocycles. The standard InChI is InChI=1S/C32H37N3O3/c36-32(38-25-27-10-5-2-6-11-27)34-18-14-28(15-19-34)24-37-21-17-33-22-29-12-7-13-31-30(29)16-20-35(31)23-26-8-3-1-4-9-26/h1-13,16,20,28,33H,14-15,17-19,21-25H2. The lowest BCUT2D eigenvalue weighted by Gasteiger charge is -2.31. The first-order chi connectivity index (χ1) is 18.8. The highest BCUT2D eigenvalue weighted by Crippen LogP contribution is 2.22. The molecule has 0 saturated carbocycles. The van der Waals surface area contributed by atoms with Crippen LogP contribution in [-0.2, 0) is 29.2 Å². The topological polar surface area (TPSA) is 55.7 Å². The summed E-state index contributed by atoms with van der Waals surface area (Å²) in [7, 11) is 0. The number of hydrogen-bond acceptors (Lipinski definition) is 4. The molecule has 38 heavy (non-hydrogen) atoms. The molecule has 1 aliphatic rings. The summed E-state index contributed by atoms with van der Waals surface area (Å²) in [4.78, 5) is 14.2. The van der Waals surface area contributed by atoms with Crippen molar-refractivity contribution in [3.8, 4) is 0 Å². The zero-order valence-corrected chi connectivity index (χ0v) is 21.9. The second-order valence-electron chi connectivity index (χ2n) is 10.0. The van der Waals surface area contributed by atoms with E-state index in [0.717, 1.165) is 57.7 Å². The van der Waals surface area contributed by atoms with Gasteiger partial charge in [0.15, 0.2) is 0 Å². The third-order valence-corrected chi connectivity index (χ3v) is 7.27. The number of rotatable bonds is 11. The van der Waals surface area contributed by atoms with Crippen LogP contribution in [0, 0.1) is 5.92 Å². The van der Waals surface area contributed by atoms with E-state index >= 15 is 0 Å². The van der Waals surface area contributed by atoms with Gasteiger partial charge in [0.1, 0.15) is 6.61 Å². The summed E-state index contributed by atoms with van der Waals surface area (Å²) in [6.45, 7) is 5.72. The number of benzene rings is 3. The van der Waals surface area contributed by atoms with E-state index in [1.54, 1.807) is 0 Å². The quantitative estimate of drug-likeness (QED) is 0.257. The average Bonchev–Trinajstić information content (AvgIpc) is 3.38. The van der Waals surface area contributed by atoms with Crippen LogP contribution in [0.5, 0.6) is 0 Å². The molecule has 0 radical (unpaired) electrons. The Morgan fingerprint density at radius 2 is 1.61 bits per heavy atom. The van der Waals surface area contributed by atoms with Gasteiger partial charge in [-0.3, -0.25) is 0 Å². The van der Waals surface area contributed by atoms with E-state index in [9.17, 15) is 4.79 Å². The van der Waals surface area contributed by atoms with Crippen molar-refractivity contribution < 1.29 is 14.3 Å². The minimum absolute atomic E-state index is 0.220. The zero-order valence-electron chi connectivity index (χ0n) is 21.9. The fraction of sp³-hybridized carbons (Fsp3) is 0.344. The molecule has 1 fully saturated rings. The van der Waals surface area contributed by atoms with Gasteiger partial charge in [0.05, 0.1) is 6.61 Å². The summed E-state index contributed by atoms with van der Waals surface area (Å²) >= 11 is 0. The first-order valence-corrected chi connectivity index (χ1v) is 13.6. The van der Waals surface area contributed by atoms with E-state index < -0.39 is 0 Å². The molecule has 6 nitrogen and oxygen atoms in total. The number of fused-ring (bicyclic) bond motifs is 1. The Hall–Kier alpha value is -3.61. The molecule has 1 amide bonds. The molecule has 0 atom stereocenters. The molecule has 5 rings (SSSR count).